The van der Waals surface area contributed by atoms with Gasteiger partial charge in [0.15, 0.2) is 0 Å². The van der Waals surface area contributed by atoms with Crippen molar-refractivity contribution in [3.05, 3.63) is 12.3 Å². The van der Waals surface area contributed by atoms with Crippen LogP contribution in [0, 0.1) is 56.7 Å². The van der Waals surface area contributed by atoms with Gasteiger partial charge in [-0.25, -0.2) is 0 Å². The van der Waals surface area contributed by atoms with E-state index in [1.807, 2.05) is 0 Å². The van der Waals surface area contributed by atoms with Crippen LogP contribution in [0.1, 0.15) is 119 Å². The zero-order chi connectivity index (χ0) is 25.4. The van der Waals surface area contributed by atoms with Crippen molar-refractivity contribution in [3.63, 3.8) is 0 Å². The van der Waals surface area contributed by atoms with Gasteiger partial charge in [-0.2, -0.15) is 0 Å². The highest BCUT2D eigenvalue weighted by molar-refractivity contribution is 5.71. The van der Waals surface area contributed by atoms with Gasteiger partial charge in [-0.3, -0.25) is 4.79 Å². The maximum atomic E-state index is 12.6. The minimum atomic E-state index is -0.106. The van der Waals surface area contributed by atoms with Gasteiger partial charge in [-0.15, -0.1) is 0 Å². The highest BCUT2D eigenvalue weighted by Gasteiger charge is 2.69. The van der Waals surface area contributed by atoms with Gasteiger partial charge in [0.05, 0.1) is 5.76 Å². The van der Waals surface area contributed by atoms with Crippen LogP contribution in [0.2, 0.25) is 0 Å². The number of esters is 1. The predicted molar refractivity (Wildman–Crippen MR) is 140 cm³/mol. The molecule has 0 aromatic rings. The van der Waals surface area contributed by atoms with Gasteiger partial charge in [0.2, 0.25) is 0 Å². The highest BCUT2D eigenvalue weighted by Crippen LogP contribution is 2.77. The molecular formula is C32H50O3. The van der Waals surface area contributed by atoms with Crippen LogP contribution in [0.4, 0.5) is 0 Å². The number of hydrogen-bond donors (Lipinski definition) is 0. The lowest BCUT2D eigenvalue weighted by molar-refractivity contribution is -0.238. The molecule has 0 bridgehead atoms. The molecule has 0 N–H and O–H groups in total. The van der Waals surface area contributed by atoms with Gasteiger partial charge in [-0.05, 0) is 122 Å². The van der Waals surface area contributed by atoms with Crippen LogP contribution in [0.15, 0.2) is 12.3 Å². The lowest BCUT2D eigenvalue weighted by atomic mass is 9.32. The van der Waals surface area contributed by atoms with Crippen LogP contribution in [-0.4, -0.2) is 12.3 Å². The first-order valence-electron chi connectivity index (χ1n) is 14.7. The third kappa shape index (κ3) is 3.41. The molecule has 3 heteroatoms. The number of aldehydes is 1. The van der Waals surface area contributed by atoms with Crippen molar-refractivity contribution in [2.75, 3.05) is 0 Å². The van der Waals surface area contributed by atoms with Crippen molar-refractivity contribution in [2.45, 2.75) is 119 Å². The van der Waals surface area contributed by atoms with Crippen LogP contribution in [0.25, 0.3) is 0 Å². The largest absolute Gasteiger partial charge is 0.432 e. The van der Waals surface area contributed by atoms with Crippen LogP contribution < -0.4 is 0 Å². The summed E-state index contributed by atoms with van der Waals surface area (Å²) in [5.41, 5.74) is 1.14. The van der Waals surface area contributed by atoms with E-state index in [1.165, 1.54) is 57.7 Å². The Bertz CT molecular complexity index is 904. The fourth-order valence-corrected chi connectivity index (χ4v) is 11.7. The molecule has 5 rings (SSSR count). The third-order valence-electron chi connectivity index (χ3n) is 13.6. The Kier molecular flexibility index (Phi) is 5.97. The number of allylic oxidation sites excluding steroid dienone is 1. The monoisotopic (exact) mass is 482 g/mol. The Hall–Kier alpha value is -1.12. The summed E-state index contributed by atoms with van der Waals surface area (Å²) in [6.07, 6.45) is 15.5. The summed E-state index contributed by atoms with van der Waals surface area (Å²) in [5.74, 6) is 3.49. The number of rotatable bonds is 4. The minimum absolute atomic E-state index is 0.00702. The van der Waals surface area contributed by atoms with E-state index in [1.54, 1.807) is 6.92 Å². The SMILES string of the molecule is C=C(C)OC(=O)C[C@@H]1CC[C@]2(C)[C@H](CC[C@]3(C)[C@@H]2CC[C@@H]2[C@H]4CCC[C@]4(C=O)CC[C@]23C)C1(C)C. The Morgan fingerprint density at radius 3 is 2.29 bits per heavy atom. The quantitative estimate of drug-likeness (QED) is 0.231. The van der Waals surface area contributed by atoms with Crippen molar-refractivity contribution in [1.82, 2.24) is 0 Å². The Morgan fingerprint density at radius 1 is 0.857 bits per heavy atom. The molecule has 0 aromatic carbocycles. The van der Waals surface area contributed by atoms with Gasteiger partial charge in [0, 0.05) is 11.8 Å². The van der Waals surface area contributed by atoms with E-state index >= 15 is 0 Å². The molecule has 5 aliphatic rings. The molecule has 0 radical (unpaired) electrons. The maximum absolute atomic E-state index is 12.6. The molecular weight excluding hydrogens is 432 g/mol. The van der Waals surface area contributed by atoms with Gasteiger partial charge < -0.3 is 9.53 Å². The second-order valence-electron chi connectivity index (χ2n) is 15.0. The van der Waals surface area contributed by atoms with Gasteiger partial charge in [0.25, 0.3) is 0 Å². The minimum Gasteiger partial charge on any atom is -0.432 e. The van der Waals surface area contributed by atoms with E-state index in [4.69, 9.17) is 4.74 Å². The van der Waals surface area contributed by atoms with E-state index in [0.717, 1.165) is 25.2 Å². The maximum Gasteiger partial charge on any atom is 0.311 e. The van der Waals surface area contributed by atoms with E-state index in [2.05, 4.69) is 41.2 Å². The first-order valence-corrected chi connectivity index (χ1v) is 14.7. The number of ether oxygens (including phenoxy) is 1. The molecule has 0 aromatic heterocycles. The van der Waals surface area contributed by atoms with Gasteiger partial charge >= 0.3 is 5.97 Å². The lowest BCUT2D eigenvalue weighted by Gasteiger charge is -2.72. The van der Waals surface area contributed by atoms with Crippen molar-refractivity contribution in [1.29, 1.82) is 0 Å². The molecule has 0 saturated heterocycles. The summed E-state index contributed by atoms with van der Waals surface area (Å²) in [6.45, 7) is 18.3. The Balaban J connectivity index is 1.43. The lowest BCUT2D eigenvalue weighted by Crippen LogP contribution is -2.66. The zero-order valence-electron chi connectivity index (χ0n) is 23.4. The van der Waals surface area contributed by atoms with Crippen molar-refractivity contribution in [3.8, 4) is 0 Å². The van der Waals surface area contributed by atoms with E-state index in [-0.39, 0.29) is 16.8 Å². The molecule has 0 heterocycles. The average molecular weight is 483 g/mol. The first kappa shape index (κ1) is 25.5. The summed E-state index contributed by atoms with van der Waals surface area (Å²) >= 11 is 0. The van der Waals surface area contributed by atoms with Crippen LogP contribution in [-0.2, 0) is 14.3 Å². The third-order valence-corrected chi connectivity index (χ3v) is 13.6. The van der Waals surface area contributed by atoms with Crippen LogP contribution in [0.3, 0.4) is 0 Å². The van der Waals surface area contributed by atoms with E-state index < -0.39 is 0 Å². The number of fused-ring (bicyclic) bond motifs is 7. The molecule has 0 unspecified atom stereocenters. The zero-order valence-corrected chi connectivity index (χ0v) is 23.4. The fraction of sp³-hybridized carbons (Fsp3) is 0.875. The molecule has 5 fully saturated rings. The summed E-state index contributed by atoms with van der Waals surface area (Å²) in [5, 5.41) is 0. The van der Waals surface area contributed by atoms with Gasteiger partial charge in [-0.1, -0.05) is 47.6 Å². The summed E-state index contributed by atoms with van der Waals surface area (Å²) in [7, 11) is 0. The molecule has 9 atom stereocenters. The number of carbonyl (C=O) groups is 2. The van der Waals surface area contributed by atoms with Gasteiger partial charge in [0.1, 0.15) is 6.29 Å². The topological polar surface area (TPSA) is 43.4 Å². The molecule has 0 amide bonds. The molecule has 0 aliphatic heterocycles. The number of hydrogen-bond acceptors (Lipinski definition) is 3. The Morgan fingerprint density at radius 2 is 1.60 bits per heavy atom. The summed E-state index contributed by atoms with van der Waals surface area (Å²) in [4.78, 5) is 24.9. The molecule has 0 spiro atoms. The second kappa shape index (κ2) is 8.19. The van der Waals surface area contributed by atoms with Crippen LogP contribution in [0.5, 0.6) is 0 Å². The average Bonchev–Trinajstić information content (AvgIpc) is 3.20. The smallest absolute Gasteiger partial charge is 0.311 e. The summed E-state index contributed by atoms with van der Waals surface area (Å²) in [6, 6.07) is 0. The molecule has 196 valence electrons. The van der Waals surface area contributed by atoms with E-state index in [0.29, 0.717) is 52.1 Å². The molecule has 5 saturated carbocycles. The fourth-order valence-electron chi connectivity index (χ4n) is 11.7. The van der Waals surface area contributed by atoms with Crippen LogP contribution >= 0.6 is 0 Å². The van der Waals surface area contributed by atoms with Crippen molar-refractivity contribution >= 4 is 12.3 Å². The highest BCUT2D eigenvalue weighted by atomic mass is 16.5. The van der Waals surface area contributed by atoms with E-state index in [9.17, 15) is 9.59 Å². The summed E-state index contributed by atoms with van der Waals surface area (Å²) < 4.78 is 5.38. The normalized spacial score (nSPS) is 50.2. The standard InChI is InChI=1S/C32H50O3/c1-21(2)35-27(34)19-22-12-15-29(5)25(28(22,3)4)13-16-31(7)26(29)11-10-23-24-9-8-14-32(24,20-33)18-17-30(23,31)6/h20,22-26H,1,8-19H2,2-7H3/t22-,23+,24+,25+,26+,29+,30+,31+,32+/m0/s1. The second-order valence-corrected chi connectivity index (χ2v) is 15.0. The molecule has 35 heavy (non-hydrogen) atoms. The molecule has 3 nitrogen and oxygen atoms in total. The van der Waals surface area contributed by atoms with Crippen molar-refractivity contribution in [2.24, 2.45) is 56.7 Å². The first-order chi connectivity index (χ1) is 16.3. The number of carbonyl (C=O) groups excluding carboxylic acids is 2. The predicted octanol–water partition coefficient (Wildman–Crippen LogP) is 8.12. The Labute approximate surface area is 214 Å². The van der Waals surface area contributed by atoms with Crippen molar-refractivity contribution < 1.29 is 14.3 Å². The molecule has 5 aliphatic carbocycles.